The Balaban J connectivity index is 2.32. The van der Waals surface area contributed by atoms with E-state index in [1.54, 1.807) is 0 Å². The summed E-state index contributed by atoms with van der Waals surface area (Å²) in [6.45, 7) is 4.52. The molecule has 0 saturated heterocycles. The summed E-state index contributed by atoms with van der Waals surface area (Å²) in [5.41, 5.74) is 4.20. The molecule has 0 aliphatic rings. The highest BCUT2D eigenvalue weighted by Gasteiger charge is 2.07. The van der Waals surface area contributed by atoms with Crippen molar-refractivity contribution in [1.29, 1.82) is 0 Å². The fourth-order valence-corrected chi connectivity index (χ4v) is 1.82. The van der Waals surface area contributed by atoms with Crippen molar-refractivity contribution in [3.63, 3.8) is 0 Å². The van der Waals surface area contributed by atoms with Crippen molar-refractivity contribution in [2.75, 3.05) is 0 Å². The summed E-state index contributed by atoms with van der Waals surface area (Å²) in [6.07, 6.45) is 8.29. The molecule has 3 nitrogen and oxygen atoms in total. The Morgan fingerprint density at radius 2 is 1.94 bits per heavy atom. The fraction of sp³-hybridized carbons (Fsp3) is 0.615. The number of hydrazine groups is 1. The maximum absolute atomic E-state index is 5.57. The van der Waals surface area contributed by atoms with Crippen LogP contribution in [0.1, 0.15) is 38.7 Å². The summed E-state index contributed by atoms with van der Waals surface area (Å²) in [7, 11) is 0. The van der Waals surface area contributed by atoms with Crippen LogP contribution in [0, 0.1) is 5.92 Å². The highest BCUT2D eigenvalue weighted by atomic mass is 15.2. The van der Waals surface area contributed by atoms with Crippen LogP contribution < -0.4 is 11.3 Å². The second-order valence-corrected chi connectivity index (χ2v) is 4.75. The predicted octanol–water partition coefficient (Wildman–Crippen LogP) is 2.28. The molecule has 0 radical (unpaired) electrons. The molecule has 0 saturated carbocycles. The summed E-state index contributed by atoms with van der Waals surface area (Å²) in [6, 6.07) is 4.47. The van der Waals surface area contributed by atoms with Crippen molar-refractivity contribution in [2.45, 2.75) is 45.6 Å². The zero-order valence-electron chi connectivity index (χ0n) is 10.3. The molecule has 0 aromatic carbocycles. The van der Waals surface area contributed by atoms with Gasteiger partial charge in [-0.1, -0.05) is 26.7 Å². The lowest BCUT2D eigenvalue weighted by Crippen LogP contribution is -2.36. The number of nitrogens with zero attached hydrogens (tertiary/aromatic N) is 1. The highest BCUT2D eigenvalue weighted by molar-refractivity contribution is 5.11. The molecule has 90 valence electrons. The standard InChI is InChI=1S/C13H23N3/c1-11(2)4-3-5-13(16-14)10-12-6-8-15-9-7-12/h6-9,11,13,16H,3-5,10,14H2,1-2H3. The van der Waals surface area contributed by atoms with Crippen LogP contribution in [0.25, 0.3) is 0 Å². The van der Waals surface area contributed by atoms with E-state index in [0.717, 1.165) is 18.8 Å². The molecule has 0 aliphatic heterocycles. The largest absolute Gasteiger partial charge is 0.271 e. The van der Waals surface area contributed by atoms with E-state index in [2.05, 4.69) is 24.3 Å². The molecular formula is C13H23N3. The van der Waals surface area contributed by atoms with E-state index < -0.39 is 0 Å². The molecule has 16 heavy (non-hydrogen) atoms. The van der Waals surface area contributed by atoms with Gasteiger partial charge in [0, 0.05) is 18.4 Å². The SMILES string of the molecule is CC(C)CCCC(Cc1ccncc1)NN. The van der Waals surface area contributed by atoms with Crippen molar-refractivity contribution in [3.8, 4) is 0 Å². The van der Waals surface area contributed by atoms with Gasteiger partial charge in [-0.05, 0) is 36.5 Å². The third-order valence-corrected chi connectivity index (χ3v) is 2.80. The number of nitrogens with one attached hydrogen (secondary N) is 1. The monoisotopic (exact) mass is 221 g/mol. The third kappa shape index (κ3) is 5.24. The smallest absolute Gasteiger partial charge is 0.0270 e. The van der Waals surface area contributed by atoms with Gasteiger partial charge in [0.15, 0.2) is 0 Å². The second kappa shape index (κ2) is 7.36. The van der Waals surface area contributed by atoms with Gasteiger partial charge >= 0.3 is 0 Å². The Bertz CT molecular complexity index is 272. The number of rotatable bonds is 7. The molecule has 1 aromatic rings. The number of nitrogens with two attached hydrogens (primary N) is 1. The first-order valence-corrected chi connectivity index (χ1v) is 6.07. The van der Waals surface area contributed by atoms with E-state index in [1.165, 1.54) is 18.4 Å². The number of hydrogen-bond acceptors (Lipinski definition) is 3. The van der Waals surface area contributed by atoms with E-state index >= 15 is 0 Å². The molecule has 1 aromatic heterocycles. The lowest BCUT2D eigenvalue weighted by atomic mass is 9.99. The summed E-state index contributed by atoms with van der Waals surface area (Å²) >= 11 is 0. The van der Waals surface area contributed by atoms with Crippen LogP contribution in [0.2, 0.25) is 0 Å². The van der Waals surface area contributed by atoms with E-state index in [-0.39, 0.29) is 0 Å². The quantitative estimate of drug-likeness (QED) is 0.548. The van der Waals surface area contributed by atoms with Crippen LogP contribution in [-0.2, 0) is 6.42 Å². The maximum atomic E-state index is 5.57. The van der Waals surface area contributed by atoms with Crippen LogP contribution >= 0.6 is 0 Å². The minimum atomic E-state index is 0.376. The van der Waals surface area contributed by atoms with Crippen LogP contribution in [0.5, 0.6) is 0 Å². The summed E-state index contributed by atoms with van der Waals surface area (Å²) in [4.78, 5) is 4.01. The van der Waals surface area contributed by atoms with E-state index in [1.807, 2.05) is 24.5 Å². The van der Waals surface area contributed by atoms with E-state index in [0.29, 0.717) is 6.04 Å². The topological polar surface area (TPSA) is 50.9 Å². The lowest BCUT2D eigenvalue weighted by molar-refractivity contribution is 0.441. The van der Waals surface area contributed by atoms with Gasteiger partial charge in [0.05, 0.1) is 0 Å². The Morgan fingerprint density at radius 1 is 1.25 bits per heavy atom. The molecule has 1 atom stereocenters. The molecule has 0 bridgehead atoms. The summed E-state index contributed by atoms with van der Waals surface area (Å²) in [5.74, 6) is 6.35. The summed E-state index contributed by atoms with van der Waals surface area (Å²) in [5, 5.41) is 0. The van der Waals surface area contributed by atoms with Gasteiger partial charge < -0.3 is 0 Å². The van der Waals surface area contributed by atoms with Gasteiger partial charge in [-0.15, -0.1) is 0 Å². The van der Waals surface area contributed by atoms with E-state index in [4.69, 9.17) is 5.84 Å². The Morgan fingerprint density at radius 3 is 2.50 bits per heavy atom. The average Bonchev–Trinajstić information content (AvgIpc) is 2.28. The molecule has 0 fully saturated rings. The van der Waals surface area contributed by atoms with Crippen molar-refractivity contribution in [2.24, 2.45) is 11.8 Å². The molecule has 0 spiro atoms. The predicted molar refractivity (Wildman–Crippen MR) is 67.7 cm³/mol. The Hall–Kier alpha value is -0.930. The molecule has 3 heteroatoms. The lowest BCUT2D eigenvalue weighted by Gasteiger charge is -2.16. The normalized spacial score (nSPS) is 13.0. The zero-order chi connectivity index (χ0) is 11.8. The molecule has 1 unspecified atom stereocenters. The number of aromatic nitrogens is 1. The van der Waals surface area contributed by atoms with Crippen LogP contribution in [0.3, 0.4) is 0 Å². The summed E-state index contributed by atoms with van der Waals surface area (Å²) < 4.78 is 0. The van der Waals surface area contributed by atoms with Gasteiger partial charge in [-0.25, -0.2) is 0 Å². The van der Waals surface area contributed by atoms with Crippen molar-refractivity contribution >= 4 is 0 Å². The number of hydrogen-bond donors (Lipinski definition) is 2. The first-order chi connectivity index (χ1) is 7.72. The average molecular weight is 221 g/mol. The minimum Gasteiger partial charge on any atom is -0.271 e. The van der Waals surface area contributed by atoms with E-state index in [9.17, 15) is 0 Å². The van der Waals surface area contributed by atoms with Crippen molar-refractivity contribution < 1.29 is 0 Å². The molecule has 3 N–H and O–H groups in total. The first-order valence-electron chi connectivity index (χ1n) is 6.07. The molecule has 1 rings (SSSR count). The fourth-order valence-electron chi connectivity index (χ4n) is 1.82. The van der Waals surface area contributed by atoms with Gasteiger partial charge in [0.2, 0.25) is 0 Å². The number of pyridine rings is 1. The minimum absolute atomic E-state index is 0.376. The molecule has 1 heterocycles. The van der Waals surface area contributed by atoms with Gasteiger partial charge in [-0.3, -0.25) is 16.3 Å². The maximum Gasteiger partial charge on any atom is 0.0270 e. The van der Waals surface area contributed by atoms with Crippen molar-refractivity contribution in [1.82, 2.24) is 10.4 Å². The molecular weight excluding hydrogens is 198 g/mol. The second-order valence-electron chi connectivity index (χ2n) is 4.75. The Kier molecular flexibility index (Phi) is 6.04. The first kappa shape index (κ1) is 13.1. The van der Waals surface area contributed by atoms with Crippen molar-refractivity contribution in [3.05, 3.63) is 30.1 Å². The van der Waals surface area contributed by atoms with Crippen LogP contribution in [-0.4, -0.2) is 11.0 Å². The van der Waals surface area contributed by atoms with Crippen LogP contribution in [0.4, 0.5) is 0 Å². The Labute approximate surface area is 98.4 Å². The van der Waals surface area contributed by atoms with Gasteiger partial charge in [-0.2, -0.15) is 0 Å². The highest BCUT2D eigenvalue weighted by Crippen LogP contribution is 2.11. The molecule has 0 aliphatic carbocycles. The van der Waals surface area contributed by atoms with Crippen LogP contribution in [0.15, 0.2) is 24.5 Å². The van der Waals surface area contributed by atoms with Gasteiger partial charge in [0.1, 0.15) is 0 Å². The third-order valence-electron chi connectivity index (χ3n) is 2.80. The van der Waals surface area contributed by atoms with Gasteiger partial charge in [0.25, 0.3) is 0 Å². The molecule has 0 amide bonds. The zero-order valence-corrected chi connectivity index (χ0v) is 10.3.